The van der Waals surface area contributed by atoms with Crippen molar-refractivity contribution in [2.75, 3.05) is 30.4 Å². The molecule has 25 heavy (non-hydrogen) atoms. The number of ether oxygens (including phenoxy) is 1. The van der Waals surface area contributed by atoms with Crippen molar-refractivity contribution in [1.29, 1.82) is 0 Å². The molecule has 1 aliphatic rings. The minimum atomic E-state index is -4.45. The Balaban J connectivity index is 1.76. The van der Waals surface area contributed by atoms with Crippen LogP contribution < -0.4 is 15.0 Å². The van der Waals surface area contributed by atoms with Gasteiger partial charge >= 0.3 is 6.18 Å². The van der Waals surface area contributed by atoms with Gasteiger partial charge in [0.2, 0.25) is 0 Å². The van der Waals surface area contributed by atoms with Gasteiger partial charge in [-0.25, -0.2) is 9.97 Å². The van der Waals surface area contributed by atoms with E-state index in [9.17, 15) is 13.2 Å². The van der Waals surface area contributed by atoms with Crippen LogP contribution in [0, 0.1) is 0 Å². The Labute approximate surface area is 143 Å². The van der Waals surface area contributed by atoms with Gasteiger partial charge in [-0.2, -0.15) is 13.2 Å². The Kier molecular flexibility index (Phi) is 4.96. The SMILES string of the molecule is COc1ccc(CNc2cc(N3CCCC3)ncn2)c(C(F)(F)F)c1. The number of halogens is 3. The number of aromatic nitrogens is 2. The second-order valence-corrected chi connectivity index (χ2v) is 5.83. The third-order valence-corrected chi connectivity index (χ3v) is 4.17. The predicted octanol–water partition coefficient (Wildman–Crippen LogP) is 3.72. The molecule has 0 radical (unpaired) electrons. The number of nitrogens with zero attached hydrogens (tertiary/aromatic N) is 3. The van der Waals surface area contributed by atoms with Gasteiger partial charge in [0.15, 0.2) is 0 Å². The van der Waals surface area contributed by atoms with Gasteiger partial charge < -0.3 is 15.0 Å². The van der Waals surface area contributed by atoms with E-state index in [1.807, 2.05) is 0 Å². The molecule has 0 amide bonds. The van der Waals surface area contributed by atoms with E-state index < -0.39 is 11.7 Å². The molecule has 0 atom stereocenters. The normalized spacial score (nSPS) is 14.6. The average molecular weight is 352 g/mol. The monoisotopic (exact) mass is 352 g/mol. The van der Waals surface area contributed by atoms with E-state index in [1.165, 1.54) is 25.6 Å². The molecule has 0 bridgehead atoms. The minimum Gasteiger partial charge on any atom is -0.497 e. The van der Waals surface area contributed by atoms with Crippen LogP contribution in [0.15, 0.2) is 30.6 Å². The lowest BCUT2D eigenvalue weighted by Gasteiger charge is -2.17. The summed E-state index contributed by atoms with van der Waals surface area (Å²) in [6.07, 6.45) is -0.784. The summed E-state index contributed by atoms with van der Waals surface area (Å²) in [4.78, 5) is 10.5. The molecule has 3 rings (SSSR count). The number of alkyl halides is 3. The highest BCUT2D eigenvalue weighted by atomic mass is 19.4. The average Bonchev–Trinajstić information content (AvgIpc) is 3.14. The van der Waals surface area contributed by atoms with Crippen LogP contribution in [-0.4, -0.2) is 30.2 Å². The Bertz CT molecular complexity index is 730. The Morgan fingerprint density at radius 1 is 1.16 bits per heavy atom. The maximum Gasteiger partial charge on any atom is 0.416 e. The summed E-state index contributed by atoms with van der Waals surface area (Å²) in [7, 11) is 1.34. The zero-order valence-electron chi connectivity index (χ0n) is 13.8. The van der Waals surface area contributed by atoms with E-state index >= 15 is 0 Å². The summed E-state index contributed by atoms with van der Waals surface area (Å²) in [5.74, 6) is 1.47. The summed E-state index contributed by atoms with van der Waals surface area (Å²) < 4.78 is 44.6. The van der Waals surface area contributed by atoms with Crippen molar-refractivity contribution < 1.29 is 17.9 Å². The molecular formula is C17H19F3N4O. The van der Waals surface area contributed by atoms with Gasteiger partial charge in [-0.05, 0) is 30.5 Å². The molecule has 0 aliphatic carbocycles. The first-order valence-corrected chi connectivity index (χ1v) is 8.02. The number of benzene rings is 1. The fourth-order valence-corrected chi connectivity index (χ4v) is 2.85. The van der Waals surface area contributed by atoms with E-state index in [-0.39, 0.29) is 17.9 Å². The van der Waals surface area contributed by atoms with E-state index in [0.717, 1.165) is 37.8 Å². The number of nitrogens with one attached hydrogen (secondary N) is 1. The van der Waals surface area contributed by atoms with E-state index in [2.05, 4.69) is 20.2 Å². The maximum absolute atomic E-state index is 13.2. The first-order valence-electron chi connectivity index (χ1n) is 8.02. The number of hydrogen-bond acceptors (Lipinski definition) is 5. The molecule has 0 saturated carbocycles. The molecule has 1 fully saturated rings. The van der Waals surface area contributed by atoms with Gasteiger partial charge in [0.1, 0.15) is 23.7 Å². The van der Waals surface area contributed by atoms with Crippen LogP contribution in [0.4, 0.5) is 24.8 Å². The largest absolute Gasteiger partial charge is 0.497 e. The highest BCUT2D eigenvalue weighted by Gasteiger charge is 2.33. The molecule has 0 unspecified atom stereocenters. The summed E-state index contributed by atoms with van der Waals surface area (Å²) in [5, 5.41) is 2.96. The molecule has 134 valence electrons. The topological polar surface area (TPSA) is 50.3 Å². The van der Waals surface area contributed by atoms with E-state index in [0.29, 0.717) is 5.82 Å². The van der Waals surface area contributed by atoms with Crippen molar-refractivity contribution in [2.24, 2.45) is 0 Å². The molecule has 1 aliphatic heterocycles. The van der Waals surface area contributed by atoms with Crippen LogP contribution in [0.3, 0.4) is 0 Å². The molecule has 1 aromatic carbocycles. The lowest BCUT2D eigenvalue weighted by Crippen LogP contribution is -2.19. The second kappa shape index (κ2) is 7.16. The highest BCUT2D eigenvalue weighted by molar-refractivity contribution is 5.49. The Morgan fingerprint density at radius 3 is 2.60 bits per heavy atom. The standard InChI is InChI=1S/C17H19F3N4O/c1-25-13-5-4-12(14(8-13)17(18,19)20)10-21-15-9-16(23-11-22-15)24-6-2-3-7-24/h4-5,8-9,11H,2-3,6-7,10H2,1H3,(H,21,22,23). The highest BCUT2D eigenvalue weighted by Crippen LogP contribution is 2.34. The molecule has 1 N–H and O–H groups in total. The quantitative estimate of drug-likeness (QED) is 0.889. The Morgan fingerprint density at radius 2 is 1.92 bits per heavy atom. The van der Waals surface area contributed by atoms with Crippen molar-refractivity contribution in [3.8, 4) is 5.75 Å². The van der Waals surface area contributed by atoms with Crippen LogP contribution in [0.1, 0.15) is 24.0 Å². The first kappa shape index (κ1) is 17.3. The van der Waals surface area contributed by atoms with Crippen LogP contribution in [0.5, 0.6) is 5.75 Å². The van der Waals surface area contributed by atoms with Crippen molar-refractivity contribution in [3.63, 3.8) is 0 Å². The lowest BCUT2D eigenvalue weighted by atomic mass is 10.1. The predicted molar refractivity (Wildman–Crippen MR) is 88.8 cm³/mol. The van der Waals surface area contributed by atoms with E-state index in [1.54, 1.807) is 6.07 Å². The summed E-state index contributed by atoms with van der Waals surface area (Å²) >= 11 is 0. The van der Waals surface area contributed by atoms with Gasteiger partial charge in [-0.15, -0.1) is 0 Å². The third-order valence-electron chi connectivity index (χ3n) is 4.17. The zero-order valence-corrected chi connectivity index (χ0v) is 13.8. The summed E-state index contributed by atoms with van der Waals surface area (Å²) in [5.41, 5.74) is -0.581. The number of methoxy groups -OCH3 is 1. The van der Waals surface area contributed by atoms with Gasteiger partial charge in [0.05, 0.1) is 12.7 Å². The number of rotatable bonds is 5. The minimum absolute atomic E-state index is 0.00922. The molecular weight excluding hydrogens is 333 g/mol. The van der Waals surface area contributed by atoms with Gasteiger partial charge in [-0.1, -0.05) is 6.07 Å². The first-order chi connectivity index (χ1) is 12.0. The molecule has 1 aromatic heterocycles. The molecule has 2 heterocycles. The third kappa shape index (κ3) is 4.12. The second-order valence-electron chi connectivity index (χ2n) is 5.83. The van der Waals surface area contributed by atoms with Gasteiger partial charge in [-0.3, -0.25) is 0 Å². The lowest BCUT2D eigenvalue weighted by molar-refractivity contribution is -0.138. The van der Waals surface area contributed by atoms with Crippen molar-refractivity contribution in [3.05, 3.63) is 41.7 Å². The molecule has 0 spiro atoms. The van der Waals surface area contributed by atoms with Crippen molar-refractivity contribution in [1.82, 2.24) is 9.97 Å². The fourth-order valence-electron chi connectivity index (χ4n) is 2.85. The van der Waals surface area contributed by atoms with Crippen LogP contribution in [-0.2, 0) is 12.7 Å². The van der Waals surface area contributed by atoms with Gasteiger partial charge in [0, 0.05) is 25.7 Å². The zero-order chi connectivity index (χ0) is 17.9. The van der Waals surface area contributed by atoms with Gasteiger partial charge in [0.25, 0.3) is 0 Å². The van der Waals surface area contributed by atoms with Crippen LogP contribution in [0.2, 0.25) is 0 Å². The number of hydrogen-bond donors (Lipinski definition) is 1. The maximum atomic E-state index is 13.2. The molecule has 8 heteroatoms. The van der Waals surface area contributed by atoms with Crippen LogP contribution >= 0.6 is 0 Å². The Hall–Kier alpha value is -2.51. The molecule has 1 saturated heterocycles. The molecule has 5 nitrogen and oxygen atoms in total. The van der Waals surface area contributed by atoms with E-state index in [4.69, 9.17) is 4.74 Å². The molecule has 2 aromatic rings. The summed E-state index contributed by atoms with van der Waals surface area (Å²) in [6.45, 7) is 1.88. The summed E-state index contributed by atoms with van der Waals surface area (Å²) in [6, 6.07) is 5.70. The number of anilines is 2. The smallest absolute Gasteiger partial charge is 0.416 e. The fraction of sp³-hybridized carbons (Fsp3) is 0.412. The van der Waals surface area contributed by atoms with Crippen molar-refractivity contribution >= 4 is 11.6 Å². The van der Waals surface area contributed by atoms with Crippen molar-refractivity contribution in [2.45, 2.75) is 25.6 Å². The van der Waals surface area contributed by atoms with Crippen LogP contribution in [0.25, 0.3) is 0 Å².